The third kappa shape index (κ3) is 6.70. The van der Waals surface area contributed by atoms with Gasteiger partial charge in [0, 0.05) is 18.3 Å². The van der Waals surface area contributed by atoms with Crippen LogP contribution in [0.25, 0.3) is 0 Å². The molecule has 0 aliphatic carbocycles. The lowest BCUT2D eigenvalue weighted by Crippen LogP contribution is -2.53. The van der Waals surface area contributed by atoms with Gasteiger partial charge in [-0.05, 0) is 18.4 Å². The SMILES string of the molecule is CSCCC(NC(=O)C(Cc1cnc[nH]1)NC(=O)CN)C(=O)O. The van der Waals surface area contributed by atoms with E-state index in [0.29, 0.717) is 17.9 Å². The van der Waals surface area contributed by atoms with Gasteiger partial charge in [-0.1, -0.05) is 0 Å². The van der Waals surface area contributed by atoms with Crippen LogP contribution in [0.5, 0.6) is 0 Å². The number of carbonyl (C=O) groups is 3. The molecule has 0 bridgehead atoms. The molecule has 0 aliphatic heterocycles. The Balaban J connectivity index is 2.75. The Labute approximate surface area is 137 Å². The Morgan fingerprint density at radius 3 is 2.65 bits per heavy atom. The van der Waals surface area contributed by atoms with E-state index in [1.54, 1.807) is 0 Å². The molecule has 23 heavy (non-hydrogen) atoms. The van der Waals surface area contributed by atoms with E-state index in [4.69, 9.17) is 10.8 Å². The number of H-pyrrole nitrogens is 1. The molecule has 0 saturated carbocycles. The number of carboxylic acid groups (broad SMARTS) is 1. The fourth-order valence-corrected chi connectivity index (χ4v) is 2.32. The highest BCUT2D eigenvalue weighted by molar-refractivity contribution is 7.98. The summed E-state index contributed by atoms with van der Waals surface area (Å²) in [6, 6.07) is -1.93. The highest BCUT2D eigenvalue weighted by atomic mass is 32.2. The molecule has 0 spiro atoms. The maximum atomic E-state index is 12.3. The van der Waals surface area contributed by atoms with Gasteiger partial charge in [0.2, 0.25) is 11.8 Å². The number of nitrogens with one attached hydrogen (secondary N) is 3. The number of hydrogen-bond acceptors (Lipinski definition) is 6. The zero-order chi connectivity index (χ0) is 17.2. The van der Waals surface area contributed by atoms with Crippen LogP contribution in [0.1, 0.15) is 12.1 Å². The van der Waals surface area contributed by atoms with Gasteiger partial charge < -0.3 is 26.5 Å². The van der Waals surface area contributed by atoms with E-state index < -0.39 is 29.9 Å². The Morgan fingerprint density at radius 2 is 2.13 bits per heavy atom. The normalized spacial score (nSPS) is 13.1. The molecule has 2 unspecified atom stereocenters. The van der Waals surface area contributed by atoms with Crippen LogP contribution in [-0.2, 0) is 20.8 Å². The van der Waals surface area contributed by atoms with Gasteiger partial charge in [-0.25, -0.2) is 9.78 Å². The smallest absolute Gasteiger partial charge is 0.326 e. The van der Waals surface area contributed by atoms with Crippen molar-refractivity contribution in [2.24, 2.45) is 5.73 Å². The molecular formula is C13H21N5O4S. The second-order valence-corrected chi connectivity index (χ2v) is 5.77. The van der Waals surface area contributed by atoms with E-state index in [9.17, 15) is 14.4 Å². The number of aliphatic carboxylic acids is 1. The average Bonchev–Trinajstić information content (AvgIpc) is 3.03. The number of imidazole rings is 1. The molecule has 2 atom stereocenters. The molecule has 6 N–H and O–H groups in total. The lowest BCUT2D eigenvalue weighted by atomic mass is 10.1. The van der Waals surface area contributed by atoms with E-state index in [0.717, 1.165) is 0 Å². The lowest BCUT2D eigenvalue weighted by molar-refractivity contribution is -0.142. The van der Waals surface area contributed by atoms with Crippen LogP contribution >= 0.6 is 11.8 Å². The van der Waals surface area contributed by atoms with E-state index in [-0.39, 0.29) is 13.0 Å². The van der Waals surface area contributed by atoms with Crippen LogP contribution in [0, 0.1) is 0 Å². The predicted octanol–water partition coefficient (Wildman–Crippen LogP) is -1.28. The molecule has 0 aliphatic rings. The van der Waals surface area contributed by atoms with Gasteiger partial charge in [0.05, 0.1) is 12.9 Å². The number of aromatic nitrogens is 2. The van der Waals surface area contributed by atoms with Crippen LogP contribution < -0.4 is 16.4 Å². The molecule has 1 heterocycles. The van der Waals surface area contributed by atoms with Crippen molar-refractivity contribution >= 4 is 29.5 Å². The maximum absolute atomic E-state index is 12.3. The summed E-state index contributed by atoms with van der Waals surface area (Å²) < 4.78 is 0. The van der Waals surface area contributed by atoms with Crippen LogP contribution in [0.4, 0.5) is 0 Å². The van der Waals surface area contributed by atoms with Crippen molar-refractivity contribution in [1.29, 1.82) is 0 Å². The number of nitrogens with two attached hydrogens (primary N) is 1. The van der Waals surface area contributed by atoms with Crippen molar-refractivity contribution in [3.63, 3.8) is 0 Å². The molecular weight excluding hydrogens is 322 g/mol. The minimum atomic E-state index is -1.11. The van der Waals surface area contributed by atoms with E-state index in [1.807, 2.05) is 6.26 Å². The monoisotopic (exact) mass is 343 g/mol. The molecule has 0 aromatic carbocycles. The zero-order valence-electron chi connectivity index (χ0n) is 12.7. The van der Waals surface area contributed by atoms with Crippen molar-refractivity contribution in [2.45, 2.75) is 24.9 Å². The van der Waals surface area contributed by atoms with Crippen LogP contribution in [-0.4, -0.2) is 63.5 Å². The summed E-state index contributed by atoms with van der Waals surface area (Å²) in [6.07, 6.45) is 5.28. The van der Waals surface area contributed by atoms with Crippen molar-refractivity contribution in [1.82, 2.24) is 20.6 Å². The molecule has 1 aromatic rings. The quantitative estimate of drug-likeness (QED) is 0.355. The number of carboxylic acids is 1. The number of amides is 2. The summed E-state index contributed by atoms with van der Waals surface area (Å²) in [5, 5.41) is 14.1. The molecule has 0 radical (unpaired) electrons. The van der Waals surface area contributed by atoms with Gasteiger partial charge in [-0.3, -0.25) is 9.59 Å². The standard InChI is InChI=1S/C13H21N5O4S/c1-23-3-2-9(13(21)22)18-12(20)10(17-11(19)5-14)4-8-6-15-7-16-8/h6-7,9-10H,2-5,14H2,1H3,(H,15,16)(H,17,19)(H,18,20)(H,21,22). The highest BCUT2D eigenvalue weighted by Gasteiger charge is 2.26. The fourth-order valence-electron chi connectivity index (χ4n) is 1.84. The van der Waals surface area contributed by atoms with Gasteiger partial charge in [0.15, 0.2) is 0 Å². The topological polar surface area (TPSA) is 150 Å². The Bertz CT molecular complexity index is 522. The number of aromatic amines is 1. The Morgan fingerprint density at radius 1 is 1.39 bits per heavy atom. The molecule has 0 fully saturated rings. The Kier molecular flexibility index (Phi) is 8.13. The van der Waals surface area contributed by atoms with Crippen LogP contribution in [0.15, 0.2) is 12.5 Å². The number of rotatable bonds is 10. The third-order valence-corrected chi connectivity index (χ3v) is 3.69. The van der Waals surface area contributed by atoms with E-state index >= 15 is 0 Å². The van der Waals surface area contributed by atoms with E-state index in [2.05, 4.69) is 20.6 Å². The predicted molar refractivity (Wildman–Crippen MR) is 85.8 cm³/mol. The molecule has 1 rings (SSSR count). The van der Waals surface area contributed by atoms with Crippen LogP contribution in [0.3, 0.4) is 0 Å². The largest absolute Gasteiger partial charge is 0.480 e. The molecule has 1 aromatic heterocycles. The molecule has 128 valence electrons. The van der Waals surface area contributed by atoms with Crippen molar-refractivity contribution in [2.75, 3.05) is 18.6 Å². The zero-order valence-corrected chi connectivity index (χ0v) is 13.6. The second kappa shape index (κ2) is 9.85. The number of thioether (sulfide) groups is 1. The summed E-state index contributed by atoms with van der Waals surface area (Å²) in [7, 11) is 0. The van der Waals surface area contributed by atoms with E-state index in [1.165, 1.54) is 24.3 Å². The van der Waals surface area contributed by atoms with Gasteiger partial charge in [-0.2, -0.15) is 11.8 Å². The van der Waals surface area contributed by atoms with Crippen molar-refractivity contribution in [3.05, 3.63) is 18.2 Å². The molecule has 10 heteroatoms. The van der Waals surface area contributed by atoms with Gasteiger partial charge in [0.1, 0.15) is 12.1 Å². The Hall–Kier alpha value is -2.07. The fraction of sp³-hybridized carbons (Fsp3) is 0.538. The first-order valence-corrected chi connectivity index (χ1v) is 8.36. The van der Waals surface area contributed by atoms with Crippen molar-refractivity contribution < 1.29 is 19.5 Å². The number of hydrogen-bond donors (Lipinski definition) is 5. The summed E-state index contributed by atoms with van der Waals surface area (Å²) in [5.74, 6) is -1.59. The number of nitrogens with zero attached hydrogens (tertiary/aromatic N) is 1. The highest BCUT2D eigenvalue weighted by Crippen LogP contribution is 2.04. The second-order valence-electron chi connectivity index (χ2n) is 4.79. The van der Waals surface area contributed by atoms with Crippen LogP contribution in [0.2, 0.25) is 0 Å². The minimum Gasteiger partial charge on any atom is -0.480 e. The molecule has 0 saturated heterocycles. The first-order valence-electron chi connectivity index (χ1n) is 6.96. The summed E-state index contributed by atoms with van der Waals surface area (Å²) in [6.45, 7) is -0.262. The first-order chi connectivity index (χ1) is 11.0. The van der Waals surface area contributed by atoms with Gasteiger partial charge >= 0.3 is 5.97 Å². The van der Waals surface area contributed by atoms with Gasteiger partial charge in [-0.15, -0.1) is 0 Å². The lowest BCUT2D eigenvalue weighted by Gasteiger charge is -2.20. The first kappa shape index (κ1) is 19.0. The molecule has 2 amide bonds. The maximum Gasteiger partial charge on any atom is 0.326 e. The third-order valence-electron chi connectivity index (χ3n) is 3.04. The molecule has 9 nitrogen and oxygen atoms in total. The summed E-state index contributed by atoms with van der Waals surface area (Å²) in [4.78, 5) is 41.7. The summed E-state index contributed by atoms with van der Waals surface area (Å²) in [5.41, 5.74) is 5.89. The van der Waals surface area contributed by atoms with Gasteiger partial charge in [0.25, 0.3) is 0 Å². The number of carbonyl (C=O) groups excluding carboxylic acids is 2. The van der Waals surface area contributed by atoms with Crippen molar-refractivity contribution in [3.8, 4) is 0 Å². The summed E-state index contributed by atoms with van der Waals surface area (Å²) >= 11 is 1.49. The minimum absolute atomic E-state index is 0.159. The average molecular weight is 343 g/mol.